The minimum atomic E-state index is 0.547. The molecule has 0 unspecified atom stereocenters. The van der Waals surface area contributed by atoms with Crippen molar-refractivity contribution in [2.24, 2.45) is 0 Å². The lowest BCUT2D eigenvalue weighted by molar-refractivity contribution is 0.415. The highest BCUT2D eigenvalue weighted by molar-refractivity contribution is 6.32. The summed E-state index contributed by atoms with van der Waals surface area (Å²) in [5, 5.41) is 5.79. The fourth-order valence-corrected chi connectivity index (χ4v) is 2.46. The Kier molecular flexibility index (Phi) is 3.54. The van der Waals surface area contributed by atoms with Crippen molar-refractivity contribution in [1.29, 1.82) is 0 Å². The molecule has 0 spiro atoms. The van der Waals surface area contributed by atoms with E-state index >= 15 is 0 Å². The van der Waals surface area contributed by atoms with Gasteiger partial charge in [0.05, 0.1) is 23.5 Å². The number of anilines is 3. The Bertz CT molecular complexity index is 805. The lowest BCUT2D eigenvalue weighted by Gasteiger charge is -2.12. The summed E-state index contributed by atoms with van der Waals surface area (Å²) in [7, 11) is 1.59. The van der Waals surface area contributed by atoms with Crippen LogP contribution in [0.5, 0.6) is 5.75 Å². The zero-order valence-corrected chi connectivity index (χ0v) is 12.2. The number of pyridine rings is 1. The second-order valence-electron chi connectivity index (χ2n) is 4.60. The molecule has 0 aliphatic heterocycles. The predicted molar refractivity (Wildman–Crippen MR) is 87.4 cm³/mol. The third-order valence-corrected chi connectivity index (χ3v) is 3.59. The van der Waals surface area contributed by atoms with Crippen LogP contribution in [0.15, 0.2) is 48.8 Å². The van der Waals surface area contributed by atoms with Gasteiger partial charge in [-0.2, -0.15) is 0 Å². The van der Waals surface area contributed by atoms with Gasteiger partial charge in [0.15, 0.2) is 0 Å². The van der Waals surface area contributed by atoms with Gasteiger partial charge in [-0.05, 0) is 30.3 Å². The maximum Gasteiger partial charge on any atom is 0.137 e. The molecule has 0 aliphatic carbocycles. The Morgan fingerprint density at radius 3 is 2.81 bits per heavy atom. The molecule has 0 radical (unpaired) electrons. The highest BCUT2D eigenvalue weighted by Crippen LogP contribution is 2.33. The van der Waals surface area contributed by atoms with Crippen molar-refractivity contribution in [1.82, 2.24) is 4.98 Å². The first-order chi connectivity index (χ1) is 10.2. The van der Waals surface area contributed by atoms with Crippen LogP contribution in [0.1, 0.15) is 0 Å². The van der Waals surface area contributed by atoms with Crippen LogP contribution in [-0.4, -0.2) is 12.1 Å². The maximum atomic E-state index is 6.21. The number of nitrogen functional groups attached to an aromatic ring is 1. The summed E-state index contributed by atoms with van der Waals surface area (Å²) in [5.74, 6) is 0.639. The minimum Gasteiger partial charge on any atom is -0.495 e. The molecule has 3 N–H and O–H groups in total. The Balaban J connectivity index is 1.98. The monoisotopic (exact) mass is 299 g/mol. The summed E-state index contributed by atoms with van der Waals surface area (Å²) in [4.78, 5) is 4.09. The van der Waals surface area contributed by atoms with E-state index in [2.05, 4.69) is 10.3 Å². The molecule has 0 bridgehead atoms. The van der Waals surface area contributed by atoms with Crippen LogP contribution in [0.25, 0.3) is 10.8 Å². The highest BCUT2D eigenvalue weighted by Gasteiger charge is 2.06. The van der Waals surface area contributed by atoms with Crippen LogP contribution >= 0.6 is 11.6 Å². The average molecular weight is 300 g/mol. The van der Waals surface area contributed by atoms with E-state index in [0.717, 1.165) is 22.1 Å². The fraction of sp³-hybridized carbons (Fsp3) is 0.0625. The number of hydrogen-bond acceptors (Lipinski definition) is 4. The number of nitrogens with zero attached hydrogens (tertiary/aromatic N) is 1. The maximum absolute atomic E-state index is 6.21. The van der Waals surface area contributed by atoms with Crippen LogP contribution in [-0.2, 0) is 0 Å². The molecule has 3 rings (SSSR count). The minimum absolute atomic E-state index is 0.547. The molecule has 4 nitrogen and oxygen atoms in total. The molecule has 1 aromatic heterocycles. The molecular weight excluding hydrogens is 286 g/mol. The molecule has 0 saturated carbocycles. The Labute approximate surface area is 127 Å². The third-order valence-electron chi connectivity index (χ3n) is 3.29. The van der Waals surface area contributed by atoms with E-state index in [-0.39, 0.29) is 0 Å². The van der Waals surface area contributed by atoms with E-state index in [1.165, 1.54) is 0 Å². The number of ether oxygens (including phenoxy) is 1. The molecule has 0 amide bonds. The molecule has 3 aromatic rings. The first-order valence-electron chi connectivity index (χ1n) is 6.42. The van der Waals surface area contributed by atoms with Crippen molar-refractivity contribution >= 4 is 39.4 Å². The average Bonchev–Trinajstić information content (AvgIpc) is 2.51. The molecule has 21 heavy (non-hydrogen) atoms. The van der Waals surface area contributed by atoms with E-state index in [0.29, 0.717) is 16.5 Å². The van der Waals surface area contributed by atoms with Gasteiger partial charge < -0.3 is 15.8 Å². The summed E-state index contributed by atoms with van der Waals surface area (Å²) < 4.78 is 5.14. The van der Waals surface area contributed by atoms with Gasteiger partial charge in [0.2, 0.25) is 0 Å². The number of hydrogen-bond donors (Lipinski definition) is 2. The zero-order valence-electron chi connectivity index (χ0n) is 11.4. The van der Waals surface area contributed by atoms with E-state index < -0.39 is 0 Å². The highest BCUT2D eigenvalue weighted by atomic mass is 35.5. The van der Waals surface area contributed by atoms with Gasteiger partial charge in [0.25, 0.3) is 0 Å². The van der Waals surface area contributed by atoms with Crippen molar-refractivity contribution in [3.8, 4) is 5.75 Å². The molecule has 1 heterocycles. The normalized spacial score (nSPS) is 10.6. The quantitative estimate of drug-likeness (QED) is 0.711. The number of nitrogens with one attached hydrogen (secondary N) is 1. The first kappa shape index (κ1) is 13.5. The molecule has 5 heteroatoms. The molecule has 106 valence electrons. The van der Waals surface area contributed by atoms with Gasteiger partial charge in [-0.25, -0.2) is 0 Å². The van der Waals surface area contributed by atoms with Crippen molar-refractivity contribution in [2.45, 2.75) is 0 Å². The molecule has 0 saturated heterocycles. The van der Waals surface area contributed by atoms with Crippen molar-refractivity contribution in [3.05, 3.63) is 53.8 Å². The van der Waals surface area contributed by atoms with Crippen molar-refractivity contribution in [3.63, 3.8) is 0 Å². The number of aromatic nitrogens is 1. The second kappa shape index (κ2) is 5.50. The summed E-state index contributed by atoms with van der Waals surface area (Å²) in [6.07, 6.45) is 3.52. The van der Waals surface area contributed by atoms with E-state index in [1.807, 2.05) is 30.3 Å². The SMILES string of the molecule is COc1ccc(Nc2ccc3cnccc3c2N)cc1Cl. The lowest BCUT2D eigenvalue weighted by atomic mass is 10.1. The molecule has 2 aromatic carbocycles. The largest absolute Gasteiger partial charge is 0.495 e. The summed E-state index contributed by atoms with van der Waals surface area (Å²) in [6, 6.07) is 11.3. The second-order valence-corrected chi connectivity index (χ2v) is 5.01. The van der Waals surface area contributed by atoms with Crippen LogP contribution in [0.2, 0.25) is 5.02 Å². The van der Waals surface area contributed by atoms with Crippen molar-refractivity contribution < 1.29 is 4.74 Å². The van der Waals surface area contributed by atoms with Gasteiger partial charge in [-0.15, -0.1) is 0 Å². The zero-order chi connectivity index (χ0) is 14.8. The van der Waals surface area contributed by atoms with Crippen molar-refractivity contribution in [2.75, 3.05) is 18.2 Å². The van der Waals surface area contributed by atoms with E-state index in [1.54, 1.807) is 25.6 Å². The van der Waals surface area contributed by atoms with Gasteiger partial charge >= 0.3 is 0 Å². The Morgan fingerprint density at radius 1 is 1.19 bits per heavy atom. The smallest absolute Gasteiger partial charge is 0.137 e. The number of halogens is 1. The Morgan fingerprint density at radius 2 is 2.05 bits per heavy atom. The van der Waals surface area contributed by atoms with Crippen LogP contribution in [0.3, 0.4) is 0 Å². The summed E-state index contributed by atoms with van der Waals surface area (Å²) >= 11 is 6.13. The van der Waals surface area contributed by atoms with Crippen LogP contribution < -0.4 is 15.8 Å². The van der Waals surface area contributed by atoms with Gasteiger partial charge in [0, 0.05) is 28.9 Å². The number of methoxy groups -OCH3 is 1. The summed E-state index contributed by atoms with van der Waals surface area (Å²) in [6.45, 7) is 0. The van der Waals surface area contributed by atoms with Crippen LogP contribution in [0.4, 0.5) is 17.1 Å². The third kappa shape index (κ3) is 2.58. The lowest BCUT2D eigenvalue weighted by Crippen LogP contribution is -1.97. The molecular formula is C16H14ClN3O. The number of benzene rings is 2. The predicted octanol–water partition coefficient (Wildman–Crippen LogP) is 4.22. The van der Waals surface area contributed by atoms with Gasteiger partial charge in [-0.1, -0.05) is 17.7 Å². The molecule has 0 aliphatic rings. The fourth-order valence-electron chi connectivity index (χ4n) is 2.20. The number of rotatable bonds is 3. The van der Waals surface area contributed by atoms with E-state index in [9.17, 15) is 0 Å². The first-order valence-corrected chi connectivity index (χ1v) is 6.79. The molecule has 0 atom stereocenters. The number of fused-ring (bicyclic) bond motifs is 1. The topological polar surface area (TPSA) is 60.2 Å². The number of nitrogens with two attached hydrogens (primary N) is 1. The Hall–Kier alpha value is -2.46. The summed E-state index contributed by atoms with van der Waals surface area (Å²) in [5.41, 5.74) is 8.57. The molecule has 0 fully saturated rings. The standard InChI is InChI=1S/C16H14ClN3O/c1-21-15-5-3-11(8-13(15)17)20-14-4-2-10-9-19-7-6-12(10)16(14)18/h2-9,20H,18H2,1H3. The van der Waals surface area contributed by atoms with Crippen LogP contribution in [0, 0.1) is 0 Å². The van der Waals surface area contributed by atoms with E-state index in [4.69, 9.17) is 22.1 Å². The van der Waals surface area contributed by atoms with Gasteiger partial charge in [-0.3, -0.25) is 4.98 Å². The van der Waals surface area contributed by atoms with Gasteiger partial charge in [0.1, 0.15) is 5.75 Å².